The Kier molecular flexibility index (Phi) is 4.79. The maximum atomic E-state index is 10.9. The molecular weight excluding hydrogens is 192 g/mol. The molecule has 2 N–H and O–H groups in total. The first kappa shape index (κ1) is 12.2. The van der Waals surface area contributed by atoms with Gasteiger partial charge in [0.15, 0.2) is 0 Å². The number of ether oxygens (including phenoxy) is 1. The van der Waals surface area contributed by atoms with E-state index in [1.54, 1.807) is 20.8 Å². The number of rotatable bonds is 3. The summed E-state index contributed by atoms with van der Waals surface area (Å²) >= 11 is 3.49. The van der Waals surface area contributed by atoms with Crippen molar-refractivity contribution >= 4 is 23.8 Å². The van der Waals surface area contributed by atoms with E-state index < -0.39 is 11.7 Å². The van der Waals surface area contributed by atoms with Gasteiger partial charge >= 0.3 is 6.09 Å². The summed E-state index contributed by atoms with van der Waals surface area (Å²) in [5, 5.41) is -0.365. The van der Waals surface area contributed by atoms with Crippen LogP contribution in [0.15, 0.2) is 0 Å². The smallest absolute Gasteiger partial charge is 0.422 e. The van der Waals surface area contributed by atoms with Gasteiger partial charge in [-0.3, -0.25) is 10.2 Å². The van der Waals surface area contributed by atoms with Gasteiger partial charge in [-0.2, -0.15) is 0 Å². The third kappa shape index (κ3) is 9.16. The van der Waals surface area contributed by atoms with Crippen molar-refractivity contribution in [2.45, 2.75) is 26.4 Å². The molecule has 0 fully saturated rings. The van der Waals surface area contributed by atoms with Gasteiger partial charge in [-0.05, 0) is 20.8 Å². The van der Waals surface area contributed by atoms with Crippen molar-refractivity contribution in [1.82, 2.24) is 10.9 Å². The maximum Gasteiger partial charge on any atom is 0.422 e. The summed E-state index contributed by atoms with van der Waals surface area (Å²) < 4.78 is 4.87. The molecule has 0 aromatic carbocycles. The summed E-state index contributed by atoms with van der Waals surface area (Å²) in [4.78, 5) is 21.2. The minimum atomic E-state index is -0.623. The van der Waals surface area contributed by atoms with Crippen LogP contribution in [0.25, 0.3) is 0 Å². The van der Waals surface area contributed by atoms with Gasteiger partial charge in [0.25, 0.3) is 0 Å². The monoisotopic (exact) mass is 206 g/mol. The highest BCUT2D eigenvalue weighted by Crippen LogP contribution is 2.05. The van der Waals surface area contributed by atoms with Crippen LogP contribution >= 0.6 is 12.6 Å². The zero-order valence-corrected chi connectivity index (χ0v) is 8.77. The van der Waals surface area contributed by atoms with E-state index in [2.05, 4.69) is 23.5 Å². The Bertz CT molecular complexity index is 200. The van der Waals surface area contributed by atoms with Crippen LogP contribution in [0.1, 0.15) is 20.8 Å². The van der Waals surface area contributed by atoms with Crippen LogP contribution in [0.4, 0.5) is 4.79 Å². The molecule has 0 aliphatic heterocycles. The van der Waals surface area contributed by atoms with Gasteiger partial charge in [-0.15, -0.1) is 12.6 Å². The Hall–Kier alpha value is -0.750. The molecule has 13 heavy (non-hydrogen) atoms. The summed E-state index contributed by atoms with van der Waals surface area (Å²) in [6.45, 7) is 5.20. The lowest BCUT2D eigenvalue weighted by Gasteiger charge is -2.19. The van der Waals surface area contributed by atoms with E-state index in [1.165, 1.54) is 0 Å². The molecule has 0 radical (unpaired) electrons. The highest BCUT2D eigenvalue weighted by Gasteiger charge is 2.15. The number of hydrogen-bond donors (Lipinski definition) is 3. The molecule has 6 heteroatoms. The number of thiol groups is 1. The molecule has 0 aliphatic carbocycles. The minimum Gasteiger partial charge on any atom is -0.443 e. The fourth-order valence-electron chi connectivity index (χ4n) is 0.496. The lowest BCUT2D eigenvalue weighted by Crippen LogP contribution is -2.42. The van der Waals surface area contributed by atoms with Crippen molar-refractivity contribution < 1.29 is 14.3 Å². The largest absolute Gasteiger partial charge is 0.443 e. The molecule has 0 rings (SSSR count). The standard InChI is InChI=1S/C7H14N2O3S/c1-7(2,3)12-6(11)9-8-4-5(10)13/h8H,4H2,1-3H3,(H,9,11)(H,10,13). The van der Waals surface area contributed by atoms with Gasteiger partial charge in [0.1, 0.15) is 5.60 Å². The van der Waals surface area contributed by atoms with Crippen LogP contribution in [0, 0.1) is 0 Å². The Morgan fingerprint density at radius 3 is 2.31 bits per heavy atom. The zero-order valence-electron chi connectivity index (χ0n) is 7.88. The lowest BCUT2D eigenvalue weighted by molar-refractivity contribution is -0.110. The molecule has 0 heterocycles. The summed E-state index contributed by atoms with van der Waals surface area (Å²) in [6.07, 6.45) is -0.623. The van der Waals surface area contributed by atoms with E-state index in [0.717, 1.165) is 0 Å². The lowest BCUT2D eigenvalue weighted by atomic mass is 10.2. The van der Waals surface area contributed by atoms with Crippen molar-refractivity contribution in [3.63, 3.8) is 0 Å². The molecule has 5 nitrogen and oxygen atoms in total. The van der Waals surface area contributed by atoms with Gasteiger partial charge in [-0.1, -0.05) is 0 Å². The second-order valence-electron chi connectivity index (χ2n) is 3.37. The quantitative estimate of drug-likeness (QED) is 0.464. The average molecular weight is 206 g/mol. The molecule has 0 aliphatic rings. The number of nitrogens with one attached hydrogen (secondary N) is 2. The fourth-order valence-corrected chi connectivity index (χ4v) is 0.575. The molecule has 0 bridgehead atoms. The molecule has 0 unspecified atom stereocenters. The number of amides is 1. The second kappa shape index (κ2) is 5.08. The third-order valence-electron chi connectivity index (χ3n) is 0.829. The average Bonchev–Trinajstić information content (AvgIpc) is 1.81. The molecule has 1 amide bonds. The Balaban J connectivity index is 3.59. The van der Waals surface area contributed by atoms with Crippen LogP contribution < -0.4 is 10.9 Å². The van der Waals surface area contributed by atoms with Gasteiger partial charge in [0.2, 0.25) is 5.12 Å². The molecule has 0 saturated carbocycles. The third-order valence-corrected chi connectivity index (χ3v) is 0.987. The Morgan fingerprint density at radius 2 is 1.92 bits per heavy atom. The van der Waals surface area contributed by atoms with E-state index >= 15 is 0 Å². The number of hydrazine groups is 1. The van der Waals surface area contributed by atoms with E-state index in [4.69, 9.17) is 4.74 Å². The molecule has 0 saturated heterocycles. The van der Waals surface area contributed by atoms with Gasteiger partial charge in [-0.25, -0.2) is 10.2 Å². The topological polar surface area (TPSA) is 67.4 Å². The normalized spacial score (nSPS) is 10.8. The van der Waals surface area contributed by atoms with Crippen molar-refractivity contribution in [2.75, 3.05) is 6.54 Å². The molecule has 0 spiro atoms. The van der Waals surface area contributed by atoms with E-state index in [-0.39, 0.29) is 11.7 Å². The first-order valence-electron chi connectivity index (χ1n) is 3.75. The minimum absolute atomic E-state index is 0.0393. The molecule has 76 valence electrons. The highest BCUT2D eigenvalue weighted by molar-refractivity contribution is 7.96. The number of hydrogen-bond acceptors (Lipinski definition) is 4. The maximum absolute atomic E-state index is 10.9. The van der Waals surface area contributed by atoms with Crippen molar-refractivity contribution in [3.05, 3.63) is 0 Å². The highest BCUT2D eigenvalue weighted by atomic mass is 32.1. The molecule has 0 aromatic rings. The van der Waals surface area contributed by atoms with Crippen molar-refractivity contribution in [2.24, 2.45) is 0 Å². The van der Waals surface area contributed by atoms with E-state index in [1.807, 2.05) is 0 Å². The predicted octanol–water partition coefficient (Wildman–Crippen LogP) is 0.472. The summed E-state index contributed by atoms with van der Waals surface area (Å²) in [7, 11) is 0. The SMILES string of the molecule is CC(C)(C)OC(=O)NNCC(=O)S. The summed E-state index contributed by atoms with van der Waals surface area (Å²) in [5.74, 6) is 0. The Morgan fingerprint density at radius 1 is 1.38 bits per heavy atom. The fraction of sp³-hybridized carbons (Fsp3) is 0.714. The van der Waals surface area contributed by atoms with Gasteiger partial charge in [0, 0.05) is 0 Å². The van der Waals surface area contributed by atoms with Gasteiger partial charge in [0.05, 0.1) is 6.54 Å². The van der Waals surface area contributed by atoms with Gasteiger partial charge < -0.3 is 4.74 Å². The molecular formula is C7H14N2O3S. The predicted molar refractivity (Wildman–Crippen MR) is 51.4 cm³/mol. The second-order valence-corrected chi connectivity index (χ2v) is 3.87. The van der Waals surface area contributed by atoms with Crippen LogP contribution in [0.5, 0.6) is 0 Å². The first-order chi connectivity index (χ1) is 5.81. The first-order valence-corrected chi connectivity index (χ1v) is 4.19. The van der Waals surface area contributed by atoms with Crippen LogP contribution in [-0.2, 0) is 9.53 Å². The molecule has 0 aromatic heterocycles. The number of carbonyl (C=O) groups excluding carboxylic acids is 2. The summed E-state index contributed by atoms with van der Waals surface area (Å²) in [6, 6.07) is 0. The van der Waals surface area contributed by atoms with E-state index in [0.29, 0.717) is 0 Å². The Labute approximate surface area is 82.6 Å². The van der Waals surface area contributed by atoms with Crippen molar-refractivity contribution in [1.29, 1.82) is 0 Å². The van der Waals surface area contributed by atoms with Crippen molar-refractivity contribution in [3.8, 4) is 0 Å². The van der Waals surface area contributed by atoms with Crippen LogP contribution in [0.2, 0.25) is 0 Å². The zero-order chi connectivity index (χ0) is 10.5. The number of carbonyl (C=O) groups is 2. The molecule has 0 atom stereocenters. The summed E-state index contributed by atoms with van der Waals surface area (Å²) in [5.41, 5.74) is 4.00. The van der Waals surface area contributed by atoms with Crippen LogP contribution in [0.3, 0.4) is 0 Å². The van der Waals surface area contributed by atoms with Crippen LogP contribution in [-0.4, -0.2) is 23.4 Å². The van der Waals surface area contributed by atoms with E-state index in [9.17, 15) is 9.59 Å².